The molecule has 2 amide bonds. The van der Waals surface area contributed by atoms with Crippen LogP contribution in [-0.2, 0) is 15.8 Å². The van der Waals surface area contributed by atoms with E-state index in [4.69, 9.17) is 0 Å². The van der Waals surface area contributed by atoms with Gasteiger partial charge in [0.15, 0.2) is 0 Å². The van der Waals surface area contributed by atoms with Crippen LogP contribution in [0, 0.1) is 11.8 Å². The molecule has 0 radical (unpaired) electrons. The highest BCUT2D eigenvalue weighted by Gasteiger charge is 2.48. The molecule has 0 saturated carbocycles. The van der Waals surface area contributed by atoms with Crippen LogP contribution in [0.5, 0.6) is 0 Å². The molecule has 3 nitrogen and oxygen atoms in total. The first-order valence-corrected chi connectivity index (χ1v) is 6.59. The van der Waals surface area contributed by atoms with Gasteiger partial charge in [-0.05, 0) is 31.0 Å². The molecule has 21 heavy (non-hydrogen) atoms. The molecule has 1 fully saturated rings. The van der Waals surface area contributed by atoms with E-state index in [1.165, 1.54) is 12.1 Å². The van der Waals surface area contributed by atoms with E-state index in [-0.39, 0.29) is 5.69 Å². The highest BCUT2D eigenvalue weighted by Crippen LogP contribution is 2.39. The zero-order chi connectivity index (χ0) is 15.2. The van der Waals surface area contributed by atoms with Gasteiger partial charge in [0.05, 0.1) is 23.1 Å². The Morgan fingerprint density at radius 1 is 1.00 bits per heavy atom. The molecule has 1 aromatic rings. The second-order valence-electron chi connectivity index (χ2n) is 5.22. The smallest absolute Gasteiger partial charge is 0.274 e. The number of carbonyl (C=O) groups excluding carboxylic acids is 2. The van der Waals surface area contributed by atoms with Crippen molar-refractivity contribution in [2.45, 2.75) is 19.0 Å². The van der Waals surface area contributed by atoms with Crippen molar-refractivity contribution in [3.8, 4) is 0 Å². The third-order valence-electron chi connectivity index (χ3n) is 3.94. The molecule has 1 heterocycles. The molecule has 1 aliphatic carbocycles. The monoisotopic (exact) mass is 295 g/mol. The number of amides is 2. The number of hydrogen-bond acceptors (Lipinski definition) is 2. The molecule has 110 valence electrons. The molecule has 1 aromatic carbocycles. The van der Waals surface area contributed by atoms with Crippen molar-refractivity contribution in [1.29, 1.82) is 0 Å². The van der Waals surface area contributed by atoms with Crippen LogP contribution in [0.4, 0.5) is 18.9 Å². The van der Waals surface area contributed by atoms with Gasteiger partial charge in [-0.25, -0.2) is 0 Å². The maximum atomic E-state index is 12.7. The highest BCUT2D eigenvalue weighted by atomic mass is 19.4. The van der Waals surface area contributed by atoms with E-state index in [1.54, 1.807) is 0 Å². The zero-order valence-corrected chi connectivity index (χ0v) is 10.9. The molecule has 0 unspecified atom stereocenters. The van der Waals surface area contributed by atoms with Crippen LogP contribution in [0.15, 0.2) is 36.4 Å². The molecule has 0 spiro atoms. The fourth-order valence-electron chi connectivity index (χ4n) is 2.88. The summed E-state index contributed by atoms with van der Waals surface area (Å²) in [7, 11) is 0. The van der Waals surface area contributed by atoms with Gasteiger partial charge in [0.1, 0.15) is 0 Å². The van der Waals surface area contributed by atoms with Gasteiger partial charge in [-0.2, -0.15) is 13.2 Å². The number of benzene rings is 1. The van der Waals surface area contributed by atoms with Crippen LogP contribution in [0.1, 0.15) is 18.4 Å². The Morgan fingerprint density at radius 2 is 1.57 bits per heavy atom. The summed E-state index contributed by atoms with van der Waals surface area (Å²) < 4.78 is 38.2. The lowest BCUT2D eigenvalue weighted by Crippen LogP contribution is -2.31. The van der Waals surface area contributed by atoms with E-state index >= 15 is 0 Å². The first kappa shape index (κ1) is 13.9. The van der Waals surface area contributed by atoms with Crippen molar-refractivity contribution in [2.75, 3.05) is 4.90 Å². The van der Waals surface area contributed by atoms with E-state index < -0.39 is 35.4 Å². The normalized spacial score (nSPS) is 25.4. The van der Waals surface area contributed by atoms with Crippen LogP contribution in [0.25, 0.3) is 0 Å². The third-order valence-corrected chi connectivity index (χ3v) is 3.94. The number of halogens is 3. The molecule has 0 bridgehead atoms. The minimum Gasteiger partial charge on any atom is -0.274 e. The summed E-state index contributed by atoms with van der Waals surface area (Å²) in [6.07, 6.45) is 0.0928. The van der Waals surface area contributed by atoms with E-state index in [1.807, 2.05) is 12.2 Å². The van der Waals surface area contributed by atoms with Gasteiger partial charge < -0.3 is 0 Å². The van der Waals surface area contributed by atoms with E-state index in [2.05, 4.69) is 0 Å². The van der Waals surface area contributed by atoms with Crippen LogP contribution in [0.2, 0.25) is 0 Å². The van der Waals surface area contributed by atoms with E-state index in [0.717, 1.165) is 17.0 Å². The third kappa shape index (κ3) is 2.24. The number of anilines is 1. The SMILES string of the molecule is O=C1[C@H]2CC=CC[C@H]2C(=O)N1c1cccc(C(F)(F)F)c1. The topological polar surface area (TPSA) is 37.4 Å². The summed E-state index contributed by atoms with van der Waals surface area (Å²) in [6.45, 7) is 0. The highest BCUT2D eigenvalue weighted by molar-refractivity contribution is 6.22. The Bertz CT molecular complexity index is 610. The van der Waals surface area contributed by atoms with Crippen molar-refractivity contribution in [3.63, 3.8) is 0 Å². The number of imide groups is 1. The van der Waals surface area contributed by atoms with Gasteiger partial charge in [-0.3, -0.25) is 14.5 Å². The molecule has 2 atom stereocenters. The van der Waals surface area contributed by atoms with Crippen molar-refractivity contribution in [3.05, 3.63) is 42.0 Å². The molecule has 0 N–H and O–H groups in total. The first-order valence-electron chi connectivity index (χ1n) is 6.59. The zero-order valence-electron chi connectivity index (χ0n) is 10.9. The molecule has 2 aliphatic rings. The summed E-state index contributed by atoms with van der Waals surface area (Å²) in [5, 5.41) is 0. The lowest BCUT2D eigenvalue weighted by molar-refractivity contribution is -0.137. The van der Waals surface area contributed by atoms with Crippen LogP contribution >= 0.6 is 0 Å². The van der Waals surface area contributed by atoms with Crippen molar-refractivity contribution < 1.29 is 22.8 Å². The van der Waals surface area contributed by atoms with Gasteiger partial charge in [0.2, 0.25) is 11.8 Å². The van der Waals surface area contributed by atoms with Gasteiger partial charge in [0, 0.05) is 0 Å². The Hall–Kier alpha value is -2.11. The van der Waals surface area contributed by atoms with E-state index in [9.17, 15) is 22.8 Å². The molecule has 0 aromatic heterocycles. The minimum atomic E-state index is -4.50. The molecular formula is C15H12F3NO2. The quantitative estimate of drug-likeness (QED) is 0.589. The van der Waals surface area contributed by atoms with Crippen LogP contribution in [0.3, 0.4) is 0 Å². The Morgan fingerprint density at radius 3 is 2.10 bits per heavy atom. The largest absolute Gasteiger partial charge is 0.416 e. The first-order chi connectivity index (χ1) is 9.89. The van der Waals surface area contributed by atoms with Gasteiger partial charge >= 0.3 is 6.18 Å². The Balaban J connectivity index is 1.98. The predicted octanol–water partition coefficient (Wildman–Crippen LogP) is 3.16. The van der Waals surface area contributed by atoms with Gasteiger partial charge in [-0.1, -0.05) is 18.2 Å². The second-order valence-corrected chi connectivity index (χ2v) is 5.22. The predicted molar refractivity (Wildman–Crippen MR) is 69.3 cm³/mol. The van der Waals surface area contributed by atoms with Gasteiger partial charge in [-0.15, -0.1) is 0 Å². The maximum Gasteiger partial charge on any atom is 0.416 e. The summed E-state index contributed by atoms with van der Waals surface area (Å²) in [4.78, 5) is 25.5. The summed E-state index contributed by atoms with van der Waals surface area (Å²) in [5.41, 5.74) is -0.872. The summed E-state index contributed by atoms with van der Waals surface area (Å²) in [5.74, 6) is -1.71. The number of rotatable bonds is 1. The Labute approximate surface area is 119 Å². The number of nitrogens with zero attached hydrogens (tertiary/aromatic N) is 1. The minimum absolute atomic E-state index is 0.00535. The summed E-state index contributed by atoms with van der Waals surface area (Å²) >= 11 is 0. The second kappa shape index (κ2) is 4.72. The van der Waals surface area contributed by atoms with E-state index in [0.29, 0.717) is 12.8 Å². The van der Waals surface area contributed by atoms with Crippen molar-refractivity contribution >= 4 is 17.5 Å². The fraction of sp³-hybridized carbons (Fsp3) is 0.333. The number of fused-ring (bicyclic) bond motifs is 1. The number of carbonyl (C=O) groups is 2. The van der Waals surface area contributed by atoms with Crippen LogP contribution in [-0.4, -0.2) is 11.8 Å². The van der Waals surface area contributed by atoms with Crippen LogP contribution < -0.4 is 4.90 Å². The lowest BCUT2D eigenvalue weighted by atomic mass is 9.85. The summed E-state index contributed by atoms with van der Waals surface area (Å²) in [6, 6.07) is 4.33. The lowest BCUT2D eigenvalue weighted by Gasteiger charge is -2.16. The molecular weight excluding hydrogens is 283 g/mol. The Kier molecular flexibility index (Phi) is 3.11. The molecule has 3 rings (SSSR count). The molecule has 1 aliphatic heterocycles. The van der Waals surface area contributed by atoms with Gasteiger partial charge in [0.25, 0.3) is 0 Å². The van der Waals surface area contributed by atoms with Crippen molar-refractivity contribution in [2.24, 2.45) is 11.8 Å². The fourth-order valence-corrected chi connectivity index (χ4v) is 2.88. The average Bonchev–Trinajstić information content (AvgIpc) is 2.71. The number of allylic oxidation sites excluding steroid dienone is 2. The average molecular weight is 295 g/mol. The standard InChI is InChI=1S/C15H12F3NO2/c16-15(17,18)9-4-3-5-10(8-9)19-13(20)11-6-1-2-7-12(11)14(19)21/h1-5,8,11-12H,6-7H2/t11-,12+. The molecule has 1 saturated heterocycles. The van der Waals surface area contributed by atoms with Crippen molar-refractivity contribution in [1.82, 2.24) is 0 Å². The number of hydrogen-bond donors (Lipinski definition) is 0. The molecule has 6 heteroatoms. The maximum absolute atomic E-state index is 12.7. The number of alkyl halides is 3.